The summed E-state index contributed by atoms with van der Waals surface area (Å²) in [5, 5.41) is 6.04. The molecule has 0 radical (unpaired) electrons. The molecule has 5 heteroatoms. The number of carbonyl (C=O) groups excluding carboxylic acids is 1. The van der Waals surface area contributed by atoms with Crippen LogP contribution in [0.4, 0.5) is 5.69 Å². The summed E-state index contributed by atoms with van der Waals surface area (Å²) in [4.78, 5) is 16.2. The lowest BCUT2D eigenvalue weighted by Gasteiger charge is -2.19. The van der Waals surface area contributed by atoms with Gasteiger partial charge in [-0.3, -0.25) is 9.79 Å². The molecule has 1 aliphatic rings. The number of aliphatic imine (C=N–C) groups is 1. The number of carbonyl (C=O) groups is 1. The van der Waals surface area contributed by atoms with Gasteiger partial charge in [-0.15, -0.1) is 0 Å². The van der Waals surface area contributed by atoms with E-state index in [1.54, 1.807) is 12.1 Å². The molecule has 0 aliphatic heterocycles. The minimum absolute atomic E-state index is 0.0977. The molecule has 130 valence electrons. The van der Waals surface area contributed by atoms with E-state index in [9.17, 15) is 4.79 Å². The standard InChI is InChI=1S/C20H24N4O/c21-20(23-14-13-22-19(25)16-8-2-1-3-9-16)24-18-12-6-10-15-7-4-5-11-17(15)18/h1-3,6,8-10,12H,4-5,7,11,13-14H2,(H,22,25)(H3,21,23,24). The Bertz CT molecular complexity index is 756. The van der Waals surface area contributed by atoms with Gasteiger partial charge in [0, 0.05) is 17.8 Å². The Balaban J connectivity index is 1.50. The van der Waals surface area contributed by atoms with Crippen molar-refractivity contribution in [2.75, 3.05) is 18.4 Å². The Labute approximate surface area is 148 Å². The normalized spacial score (nSPS) is 13.8. The summed E-state index contributed by atoms with van der Waals surface area (Å²) >= 11 is 0. The fourth-order valence-electron chi connectivity index (χ4n) is 3.11. The number of rotatable bonds is 5. The van der Waals surface area contributed by atoms with Crippen LogP contribution in [0.2, 0.25) is 0 Å². The van der Waals surface area contributed by atoms with Crippen molar-refractivity contribution in [3.05, 3.63) is 65.2 Å². The highest BCUT2D eigenvalue weighted by Gasteiger charge is 2.13. The summed E-state index contributed by atoms with van der Waals surface area (Å²) in [5.74, 6) is 0.285. The van der Waals surface area contributed by atoms with Crippen LogP contribution in [0.15, 0.2) is 53.5 Å². The van der Waals surface area contributed by atoms with Crippen molar-refractivity contribution in [1.82, 2.24) is 5.32 Å². The highest BCUT2D eigenvalue weighted by Crippen LogP contribution is 2.27. The van der Waals surface area contributed by atoms with Crippen LogP contribution >= 0.6 is 0 Å². The highest BCUT2D eigenvalue weighted by molar-refractivity contribution is 5.94. The molecular weight excluding hydrogens is 312 g/mol. The van der Waals surface area contributed by atoms with Gasteiger partial charge < -0.3 is 16.4 Å². The average molecular weight is 336 g/mol. The summed E-state index contributed by atoms with van der Waals surface area (Å²) in [6.45, 7) is 0.884. The van der Waals surface area contributed by atoms with Crippen molar-refractivity contribution >= 4 is 17.6 Å². The minimum atomic E-state index is -0.0977. The molecule has 0 saturated carbocycles. The smallest absolute Gasteiger partial charge is 0.251 e. The summed E-state index contributed by atoms with van der Waals surface area (Å²) in [6, 6.07) is 15.4. The van der Waals surface area contributed by atoms with Crippen LogP contribution in [0.5, 0.6) is 0 Å². The molecule has 4 N–H and O–H groups in total. The number of hydrogen-bond donors (Lipinski definition) is 3. The second kappa shape index (κ2) is 8.33. The van der Waals surface area contributed by atoms with Gasteiger partial charge in [-0.05, 0) is 55.0 Å². The number of anilines is 1. The second-order valence-corrected chi connectivity index (χ2v) is 6.16. The molecule has 2 aromatic rings. The summed E-state index contributed by atoms with van der Waals surface area (Å²) < 4.78 is 0. The number of guanidine groups is 1. The molecule has 0 unspecified atom stereocenters. The Hall–Kier alpha value is -2.82. The minimum Gasteiger partial charge on any atom is -0.370 e. The lowest BCUT2D eigenvalue weighted by molar-refractivity contribution is 0.0955. The van der Waals surface area contributed by atoms with Crippen molar-refractivity contribution in [1.29, 1.82) is 0 Å². The number of nitrogens with two attached hydrogens (primary N) is 1. The molecule has 25 heavy (non-hydrogen) atoms. The second-order valence-electron chi connectivity index (χ2n) is 6.16. The molecule has 2 aromatic carbocycles. The summed E-state index contributed by atoms with van der Waals surface area (Å²) in [6.07, 6.45) is 4.68. The molecule has 0 bridgehead atoms. The van der Waals surface area contributed by atoms with Gasteiger partial charge in [-0.1, -0.05) is 30.3 Å². The molecule has 0 aromatic heterocycles. The number of nitrogens with zero attached hydrogens (tertiary/aromatic N) is 1. The fourth-order valence-corrected chi connectivity index (χ4v) is 3.11. The summed E-state index contributed by atoms with van der Waals surface area (Å²) in [7, 11) is 0. The van der Waals surface area contributed by atoms with Crippen LogP contribution in [-0.2, 0) is 12.8 Å². The van der Waals surface area contributed by atoms with E-state index in [-0.39, 0.29) is 5.91 Å². The van der Waals surface area contributed by atoms with Gasteiger partial charge in [0.15, 0.2) is 5.96 Å². The van der Waals surface area contributed by atoms with Gasteiger partial charge in [-0.2, -0.15) is 0 Å². The molecule has 1 amide bonds. The fraction of sp³-hybridized carbons (Fsp3) is 0.300. The van der Waals surface area contributed by atoms with Crippen molar-refractivity contribution in [3.63, 3.8) is 0 Å². The molecule has 0 saturated heterocycles. The van der Waals surface area contributed by atoms with E-state index in [1.807, 2.05) is 24.3 Å². The zero-order chi connectivity index (χ0) is 17.5. The van der Waals surface area contributed by atoms with Crippen LogP contribution in [0.1, 0.15) is 34.3 Å². The third-order valence-electron chi connectivity index (χ3n) is 4.37. The van der Waals surface area contributed by atoms with Gasteiger partial charge in [0.25, 0.3) is 5.91 Å². The monoisotopic (exact) mass is 336 g/mol. The molecule has 0 atom stereocenters. The van der Waals surface area contributed by atoms with Crippen molar-refractivity contribution in [2.24, 2.45) is 10.7 Å². The third kappa shape index (κ3) is 4.59. The number of fused-ring (bicyclic) bond motifs is 1. The van der Waals surface area contributed by atoms with Crippen molar-refractivity contribution in [3.8, 4) is 0 Å². The molecule has 0 heterocycles. The maximum absolute atomic E-state index is 11.9. The van der Waals surface area contributed by atoms with Crippen LogP contribution in [0, 0.1) is 0 Å². The zero-order valence-corrected chi connectivity index (χ0v) is 14.3. The Morgan fingerprint density at radius 1 is 1.04 bits per heavy atom. The van der Waals surface area contributed by atoms with Crippen molar-refractivity contribution < 1.29 is 4.79 Å². The van der Waals surface area contributed by atoms with Crippen LogP contribution in [0.25, 0.3) is 0 Å². The van der Waals surface area contributed by atoms with E-state index in [2.05, 4.69) is 27.8 Å². The highest BCUT2D eigenvalue weighted by atomic mass is 16.1. The topological polar surface area (TPSA) is 79.5 Å². The quantitative estimate of drug-likeness (QED) is 0.446. The van der Waals surface area contributed by atoms with Gasteiger partial charge >= 0.3 is 0 Å². The SMILES string of the molecule is NC(=NCCNC(=O)c1ccccc1)Nc1cccc2c1CCCC2. The number of nitrogens with one attached hydrogen (secondary N) is 2. The van der Waals surface area contributed by atoms with E-state index >= 15 is 0 Å². The van der Waals surface area contributed by atoms with Gasteiger partial charge in [-0.25, -0.2) is 0 Å². The van der Waals surface area contributed by atoms with E-state index in [1.165, 1.54) is 24.0 Å². The number of hydrogen-bond acceptors (Lipinski definition) is 2. The molecule has 5 nitrogen and oxygen atoms in total. The Morgan fingerprint density at radius 3 is 2.68 bits per heavy atom. The van der Waals surface area contributed by atoms with E-state index in [4.69, 9.17) is 5.73 Å². The first-order valence-corrected chi connectivity index (χ1v) is 8.75. The lowest BCUT2D eigenvalue weighted by atomic mass is 9.90. The average Bonchev–Trinajstić information content (AvgIpc) is 2.66. The van der Waals surface area contributed by atoms with Gasteiger partial charge in [0.1, 0.15) is 0 Å². The first-order valence-electron chi connectivity index (χ1n) is 8.75. The van der Waals surface area contributed by atoms with Gasteiger partial charge in [0.05, 0.1) is 6.54 Å². The molecular formula is C20H24N4O. The maximum Gasteiger partial charge on any atom is 0.251 e. The number of aryl methyl sites for hydroxylation is 1. The number of amides is 1. The first kappa shape index (κ1) is 17.0. The van der Waals surface area contributed by atoms with E-state index in [0.29, 0.717) is 24.6 Å². The van der Waals surface area contributed by atoms with Crippen LogP contribution in [0.3, 0.4) is 0 Å². The summed E-state index contributed by atoms with van der Waals surface area (Å²) in [5.41, 5.74) is 10.4. The van der Waals surface area contributed by atoms with Crippen molar-refractivity contribution in [2.45, 2.75) is 25.7 Å². The number of benzene rings is 2. The maximum atomic E-state index is 11.9. The largest absolute Gasteiger partial charge is 0.370 e. The van der Waals surface area contributed by atoms with Gasteiger partial charge in [0.2, 0.25) is 0 Å². The lowest BCUT2D eigenvalue weighted by Crippen LogP contribution is -2.28. The van der Waals surface area contributed by atoms with E-state index < -0.39 is 0 Å². The Kier molecular flexibility index (Phi) is 5.67. The Morgan fingerprint density at radius 2 is 1.84 bits per heavy atom. The van der Waals surface area contributed by atoms with E-state index in [0.717, 1.165) is 18.5 Å². The molecule has 1 aliphatic carbocycles. The predicted molar refractivity (Wildman–Crippen MR) is 102 cm³/mol. The molecule has 0 spiro atoms. The predicted octanol–water partition coefficient (Wildman–Crippen LogP) is 2.72. The molecule has 3 rings (SSSR count). The third-order valence-corrected chi connectivity index (χ3v) is 4.37. The first-order chi connectivity index (χ1) is 12.2. The van der Waals surface area contributed by atoms with Crippen LogP contribution < -0.4 is 16.4 Å². The zero-order valence-electron chi connectivity index (χ0n) is 14.3. The molecule has 0 fully saturated rings. The van der Waals surface area contributed by atoms with Crippen LogP contribution in [-0.4, -0.2) is 25.0 Å².